The van der Waals surface area contributed by atoms with Crippen molar-refractivity contribution in [3.8, 4) is 11.6 Å². The number of benzene rings is 1. The number of hydrogen-bond donors (Lipinski definition) is 0. The Morgan fingerprint density at radius 3 is 2.85 bits per heavy atom. The van der Waals surface area contributed by atoms with Crippen LogP contribution in [0, 0.1) is 0 Å². The van der Waals surface area contributed by atoms with E-state index in [4.69, 9.17) is 4.52 Å². The van der Waals surface area contributed by atoms with Crippen molar-refractivity contribution in [2.45, 2.75) is 5.92 Å². The molecule has 0 bridgehead atoms. The van der Waals surface area contributed by atoms with Gasteiger partial charge in [-0.2, -0.15) is 4.98 Å². The molecule has 0 saturated carbocycles. The van der Waals surface area contributed by atoms with Crippen LogP contribution in [-0.2, 0) is 0 Å². The van der Waals surface area contributed by atoms with E-state index >= 15 is 0 Å². The Morgan fingerprint density at radius 2 is 2.00 bits per heavy atom. The molecule has 1 aromatic carbocycles. The van der Waals surface area contributed by atoms with Gasteiger partial charge in [0, 0.05) is 31.0 Å². The smallest absolute Gasteiger partial charge is 0.253 e. The molecule has 1 amide bonds. The second-order valence-electron chi connectivity index (χ2n) is 5.97. The number of aromatic nitrogens is 5. The highest BCUT2D eigenvalue weighted by molar-refractivity contribution is 7.16. The van der Waals surface area contributed by atoms with Crippen LogP contribution in [0.4, 0.5) is 0 Å². The first-order valence-electron chi connectivity index (χ1n) is 8.01. The number of likely N-dealkylation sites (tertiary alicyclic amines) is 1. The molecule has 0 spiro atoms. The number of hydrogen-bond acceptors (Lipinski definition) is 8. The van der Waals surface area contributed by atoms with Crippen LogP contribution < -0.4 is 0 Å². The van der Waals surface area contributed by atoms with Gasteiger partial charge < -0.3 is 9.42 Å². The molecular formula is C17H12N6O2S. The molecule has 8 nitrogen and oxygen atoms in total. The highest BCUT2D eigenvalue weighted by Crippen LogP contribution is 2.29. The van der Waals surface area contributed by atoms with Gasteiger partial charge >= 0.3 is 0 Å². The third kappa shape index (κ3) is 2.53. The van der Waals surface area contributed by atoms with Gasteiger partial charge in [0.25, 0.3) is 5.91 Å². The van der Waals surface area contributed by atoms with E-state index in [2.05, 4.69) is 25.1 Å². The number of carbonyl (C=O) groups excluding carboxylic acids is 1. The van der Waals surface area contributed by atoms with E-state index in [0.29, 0.717) is 36.2 Å². The molecule has 1 saturated heterocycles. The molecule has 26 heavy (non-hydrogen) atoms. The maximum absolute atomic E-state index is 12.6. The van der Waals surface area contributed by atoms with Crippen LogP contribution in [0.2, 0.25) is 0 Å². The number of fused-ring (bicyclic) bond motifs is 1. The predicted octanol–water partition coefficient (Wildman–Crippen LogP) is 2.38. The average molecular weight is 364 g/mol. The van der Waals surface area contributed by atoms with Crippen molar-refractivity contribution in [2.75, 3.05) is 13.1 Å². The lowest BCUT2D eigenvalue weighted by Gasteiger charge is -2.37. The zero-order valence-corrected chi connectivity index (χ0v) is 14.3. The van der Waals surface area contributed by atoms with E-state index in [0.717, 1.165) is 10.2 Å². The summed E-state index contributed by atoms with van der Waals surface area (Å²) in [6, 6.07) is 7.31. The SMILES string of the molecule is O=C(c1ccc2ncsc2c1)N1CC(c2nc(-c3ncccn3)no2)C1. The van der Waals surface area contributed by atoms with Crippen molar-refractivity contribution < 1.29 is 9.32 Å². The van der Waals surface area contributed by atoms with Crippen LogP contribution in [0.5, 0.6) is 0 Å². The number of nitrogens with zero attached hydrogens (tertiary/aromatic N) is 6. The van der Waals surface area contributed by atoms with E-state index in [1.165, 1.54) is 11.3 Å². The number of amides is 1. The van der Waals surface area contributed by atoms with Gasteiger partial charge in [0.1, 0.15) is 0 Å². The van der Waals surface area contributed by atoms with Crippen molar-refractivity contribution in [3.63, 3.8) is 0 Å². The van der Waals surface area contributed by atoms with Crippen LogP contribution >= 0.6 is 11.3 Å². The number of carbonyl (C=O) groups is 1. The third-order valence-electron chi connectivity index (χ3n) is 4.30. The molecule has 1 aliphatic heterocycles. The summed E-state index contributed by atoms with van der Waals surface area (Å²) in [6.07, 6.45) is 3.25. The van der Waals surface area contributed by atoms with Crippen LogP contribution in [-0.4, -0.2) is 49.0 Å². The third-order valence-corrected chi connectivity index (χ3v) is 5.10. The zero-order chi connectivity index (χ0) is 17.5. The molecule has 4 aromatic rings. The van der Waals surface area contributed by atoms with Crippen molar-refractivity contribution in [3.05, 3.63) is 53.6 Å². The quantitative estimate of drug-likeness (QED) is 0.550. The van der Waals surface area contributed by atoms with Gasteiger partial charge in [-0.25, -0.2) is 15.0 Å². The first kappa shape index (κ1) is 15.1. The van der Waals surface area contributed by atoms with Gasteiger partial charge in [-0.05, 0) is 24.3 Å². The molecule has 9 heteroatoms. The van der Waals surface area contributed by atoms with Crippen molar-refractivity contribution in [1.29, 1.82) is 0 Å². The molecule has 1 aliphatic rings. The molecular weight excluding hydrogens is 352 g/mol. The fourth-order valence-electron chi connectivity index (χ4n) is 2.88. The fourth-order valence-corrected chi connectivity index (χ4v) is 3.59. The van der Waals surface area contributed by atoms with Crippen LogP contribution in [0.3, 0.4) is 0 Å². The molecule has 3 aromatic heterocycles. The molecule has 128 valence electrons. The number of rotatable bonds is 3. The summed E-state index contributed by atoms with van der Waals surface area (Å²) in [7, 11) is 0. The minimum atomic E-state index is 0.00248. The summed E-state index contributed by atoms with van der Waals surface area (Å²) < 4.78 is 6.33. The average Bonchev–Trinajstić information content (AvgIpc) is 3.30. The summed E-state index contributed by atoms with van der Waals surface area (Å²) in [5.41, 5.74) is 3.36. The van der Waals surface area contributed by atoms with E-state index < -0.39 is 0 Å². The summed E-state index contributed by atoms with van der Waals surface area (Å²) in [5, 5.41) is 3.93. The first-order chi connectivity index (χ1) is 12.8. The van der Waals surface area contributed by atoms with Gasteiger partial charge in [-0.3, -0.25) is 4.79 Å². The maximum atomic E-state index is 12.6. The summed E-state index contributed by atoms with van der Waals surface area (Å²) >= 11 is 1.53. The molecule has 0 radical (unpaired) electrons. The Balaban J connectivity index is 1.28. The van der Waals surface area contributed by atoms with Gasteiger partial charge in [-0.1, -0.05) is 5.16 Å². The van der Waals surface area contributed by atoms with Crippen LogP contribution in [0.15, 0.2) is 46.7 Å². The minimum Gasteiger partial charge on any atom is -0.338 e. The summed E-state index contributed by atoms with van der Waals surface area (Å²) in [4.78, 5) is 31.2. The normalized spacial score (nSPS) is 14.5. The van der Waals surface area contributed by atoms with Crippen molar-refractivity contribution in [1.82, 2.24) is 30.0 Å². The zero-order valence-electron chi connectivity index (χ0n) is 13.4. The van der Waals surface area contributed by atoms with Crippen molar-refractivity contribution >= 4 is 27.5 Å². The molecule has 1 fully saturated rings. The number of thiazole rings is 1. The summed E-state index contributed by atoms with van der Waals surface area (Å²) in [5.74, 6) is 1.33. The van der Waals surface area contributed by atoms with Gasteiger partial charge in [0.15, 0.2) is 0 Å². The minimum absolute atomic E-state index is 0.00248. The molecule has 0 atom stereocenters. The van der Waals surface area contributed by atoms with Crippen LogP contribution in [0.1, 0.15) is 22.2 Å². The summed E-state index contributed by atoms with van der Waals surface area (Å²) in [6.45, 7) is 1.10. The van der Waals surface area contributed by atoms with Gasteiger partial charge in [-0.15, -0.1) is 11.3 Å². The maximum Gasteiger partial charge on any atom is 0.253 e. The van der Waals surface area contributed by atoms with Gasteiger partial charge in [0.05, 0.1) is 21.6 Å². The van der Waals surface area contributed by atoms with E-state index in [-0.39, 0.29) is 11.8 Å². The second kappa shape index (κ2) is 5.95. The van der Waals surface area contributed by atoms with Crippen molar-refractivity contribution in [2.24, 2.45) is 0 Å². The van der Waals surface area contributed by atoms with E-state index in [1.54, 1.807) is 28.9 Å². The standard InChI is InChI=1S/C17H12N6O2S/c24-17(10-2-3-12-13(6-10)26-9-20-12)23-7-11(8-23)16-21-15(22-25-16)14-18-4-1-5-19-14/h1-6,9,11H,7-8H2. The van der Waals surface area contributed by atoms with E-state index in [1.807, 2.05) is 18.2 Å². The Hall–Kier alpha value is -3.20. The highest BCUT2D eigenvalue weighted by atomic mass is 32.1. The molecule has 4 heterocycles. The lowest BCUT2D eigenvalue weighted by atomic mass is 9.98. The van der Waals surface area contributed by atoms with E-state index in [9.17, 15) is 4.79 Å². The molecule has 0 N–H and O–H groups in total. The topological polar surface area (TPSA) is 97.9 Å². The second-order valence-corrected chi connectivity index (χ2v) is 6.86. The monoisotopic (exact) mass is 364 g/mol. The largest absolute Gasteiger partial charge is 0.338 e. The van der Waals surface area contributed by atoms with Gasteiger partial charge in [0.2, 0.25) is 17.5 Å². The molecule has 0 unspecified atom stereocenters. The molecule has 0 aliphatic carbocycles. The Labute approximate surface area is 151 Å². The lowest BCUT2D eigenvalue weighted by molar-refractivity contribution is 0.0569. The Kier molecular flexibility index (Phi) is 3.45. The highest BCUT2D eigenvalue weighted by Gasteiger charge is 2.36. The first-order valence-corrected chi connectivity index (χ1v) is 8.89. The fraction of sp³-hybridized carbons (Fsp3) is 0.176. The predicted molar refractivity (Wildman–Crippen MR) is 93.6 cm³/mol. The Bertz CT molecular complexity index is 1090. The molecule has 5 rings (SSSR count). The lowest BCUT2D eigenvalue weighted by Crippen LogP contribution is -2.48. The Morgan fingerprint density at radius 1 is 1.15 bits per heavy atom. The van der Waals surface area contributed by atoms with Crippen LogP contribution in [0.25, 0.3) is 21.9 Å².